The Balaban J connectivity index is 1.78. The van der Waals surface area contributed by atoms with E-state index < -0.39 is 0 Å². The highest BCUT2D eigenvalue weighted by Crippen LogP contribution is 2.23. The average Bonchev–Trinajstić information content (AvgIpc) is 2.47. The van der Waals surface area contributed by atoms with Crippen LogP contribution in [-0.2, 0) is 9.59 Å². The van der Waals surface area contributed by atoms with Gasteiger partial charge < -0.3 is 15.5 Å². The van der Waals surface area contributed by atoms with Gasteiger partial charge in [0.2, 0.25) is 11.8 Å². The number of amides is 2. The predicted octanol–water partition coefficient (Wildman–Crippen LogP) is 1.22. The summed E-state index contributed by atoms with van der Waals surface area (Å²) in [7, 11) is 0. The first-order valence-corrected chi connectivity index (χ1v) is 8.29. The van der Waals surface area contributed by atoms with E-state index in [0.717, 1.165) is 44.7 Å². The van der Waals surface area contributed by atoms with Crippen LogP contribution in [0.3, 0.4) is 0 Å². The van der Waals surface area contributed by atoms with E-state index >= 15 is 0 Å². The number of piperidine rings is 2. The van der Waals surface area contributed by atoms with Gasteiger partial charge >= 0.3 is 0 Å². The zero-order valence-corrected chi connectivity index (χ0v) is 13.4. The van der Waals surface area contributed by atoms with Crippen molar-refractivity contribution >= 4 is 11.8 Å². The SMILES string of the molecule is CC(N)CC(=O)N1CCC(C(=O)N2CCC(C)CC2)CC1. The zero-order chi connectivity index (χ0) is 15.4. The smallest absolute Gasteiger partial charge is 0.225 e. The van der Waals surface area contributed by atoms with Crippen molar-refractivity contribution in [3.8, 4) is 0 Å². The Morgan fingerprint density at radius 3 is 2.10 bits per heavy atom. The van der Waals surface area contributed by atoms with Gasteiger partial charge in [0, 0.05) is 44.6 Å². The van der Waals surface area contributed by atoms with Crippen LogP contribution < -0.4 is 5.73 Å². The summed E-state index contributed by atoms with van der Waals surface area (Å²) in [5.41, 5.74) is 5.68. The summed E-state index contributed by atoms with van der Waals surface area (Å²) in [6.45, 7) is 7.32. The number of carbonyl (C=O) groups excluding carboxylic acids is 2. The van der Waals surface area contributed by atoms with Gasteiger partial charge in [-0.1, -0.05) is 6.92 Å². The molecule has 0 aromatic carbocycles. The molecule has 2 N–H and O–H groups in total. The molecule has 2 heterocycles. The van der Waals surface area contributed by atoms with E-state index in [0.29, 0.717) is 25.4 Å². The van der Waals surface area contributed by atoms with Crippen molar-refractivity contribution in [2.45, 2.75) is 52.0 Å². The molecule has 0 saturated carbocycles. The van der Waals surface area contributed by atoms with Crippen LogP contribution in [0, 0.1) is 11.8 Å². The Morgan fingerprint density at radius 1 is 1.05 bits per heavy atom. The molecule has 0 radical (unpaired) electrons. The van der Waals surface area contributed by atoms with Crippen LogP contribution in [0.2, 0.25) is 0 Å². The third-order valence-corrected chi connectivity index (χ3v) is 4.79. The standard InChI is InChI=1S/C16H29N3O2/c1-12-3-7-19(8-4-12)16(21)14-5-9-18(10-6-14)15(20)11-13(2)17/h12-14H,3-11,17H2,1-2H3. The summed E-state index contributed by atoms with van der Waals surface area (Å²) in [6.07, 6.45) is 4.25. The third kappa shape index (κ3) is 4.43. The van der Waals surface area contributed by atoms with Gasteiger partial charge in [0.05, 0.1) is 0 Å². The minimum Gasteiger partial charge on any atom is -0.343 e. The molecule has 2 rings (SSSR count). The number of hydrogen-bond acceptors (Lipinski definition) is 3. The quantitative estimate of drug-likeness (QED) is 0.851. The van der Waals surface area contributed by atoms with Crippen LogP contribution in [0.15, 0.2) is 0 Å². The number of likely N-dealkylation sites (tertiary alicyclic amines) is 2. The Morgan fingerprint density at radius 2 is 1.57 bits per heavy atom. The molecule has 2 aliphatic rings. The number of carbonyl (C=O) groups is 2. The molecule has 0 bridgehead atoms. The predicted molar refractivity (Wildman–Crippen MR) is 82.5 cm³/mol. The van der Waals surface area contributed by atoms with Gasteiger partial charge in [-0.25, -0.2) is 0 Å². The maximum Gasteiger partial charge on any atom is 0.225 e. The van der Waals surface area contributed by atoms with Crippen molar-refractivity contribution in [3.05, 3.63) is 0 Å². The van der Waals surface area contributed by atoms with Gasteiger partial charge in [-0.2, -0.15) is 0 Å². The Hall–Kier alpha value is -1.10. The lowest BCUT2D eigenvalue weighted by Gasteiger charge is -2.37. The fourth-order valence-corrected chi connectivity index (χ4v) is 3.27. The fraction of sp³-hybridized carbons (Fsp3) is 0.875. The Labute approximate surface area is 127 Å². The molecule has 2 aliphatic heterocycles. The molecule has 2 saturated heterocycles. The molecule has 120 valence electrons. The number of nitrogens with two attached hydrogens (primary N) is 1. The van der Waals surface area contributed by atoms with Gasteiger partial charge in [-0.3, -0.25) is 9.59 Å². The summed E-state index contributed by atoms with van der Waals surface area (Å²) in [4.78, 5) is 28.4. The van der Waals surface area contributed by atoms with E-state index in [1.165, 1.54) is 0 Å². The van der Waals surface area contributed by atoms with Crippen molar-refractivity contribution in [1.29, 1.82) is 0 Å². The first-order valence-electron chi connectivity index (χ1n) is 8.29. The summed E-state index contributed by atoms with van der Waals surface area (Å²) < 4.78 is 0. The molecule has 2 fully saturated rings. The topological polar surface area (TPSA) is 66.6 Å². The highest BCUT2D eigenvalue weighted by molar-refractivity contribution is 5.80. The monoisotopic (exact) mass is 295 g/mol. The summed E-state index contributed by atoms with van der Waals surface area (Å²) in [5, 5.41) is 0. The average molecular weight is 295 g/mol. The summed E-state index contributed by atoms with van der Waals surface area (Å²) in [6, 6.07) is -0.0906. The van der Waals surface area contributed by atoms with Crippen molar-refractivity contribution in [3.63, 3.8) is 0 Å². The van der Waals surface area contributed by atoms with E-state index in [-0.39, 0.29) is 17.9 Å². The van der Waals surface area contributed by atoms with E-state index in [9.17, 15) is 9.59 Å². The minimum absolute atomic E-state index is 0.0906. The summed E-state index contributed by atoms with van der Waals surface area (Å²) in [5.74, 6) is 1.29. The van der Waals surface area contributed by atoms with Crippen LogP contribution in [-0.4, -0.2) is 53.8 Å². The molecule has 2 amide bonds. The normalized spacial score (nSPS) is 23.2. The molecular weight excluding hydrogens is 266 g/mol. The van der Waals surface area contributed by atoms with E-state index in [4.69, 9.17) is 5.73 Å². The minimum atomic E-state index is -0.0906. The van der Waals surface area contributed by atoms with Crippen molar-refractivity contribution in [2.75, 3.05) is 26.2 Å². The van der Waals surface area contributed by atoms with Gasteiger partial charge in [0.1, 0.15) is 0 Å². The highest BCUT2D eigenvalue weighted by Gasteiger charge is 2.31. The van der Waals surface area contributed by atoms with Gasteiger partial charge in [0.15, 0.2) is 0 Å². The second-order valence-electron chi connectivity index (χ2n) is 6.84. The second kappa shape index (κ2) is 7.25. The van der Waals surface area contributed by atoms with Crippen LogP contribution in [0.1, 0.15) is 46.0 Å². The Bertz CT molecular complexity index is 368. The van der Waals surface area contributed by atoms with E-state index in [1.807, 2.05) is 16.7 Å². The first kappa shape index (κ1) is 16.3. The van der Waals surface area contributed by atoms with Crippen LogP contribution in [0.5, 0.6) is 0 Å². The third-order valence-electron chi connectivity index (χ3n) is 4.79. The molecule has 5 nitrogen and oxygen atoms in total. The maximum absolute atomic E-state index is 12.5. The molecule has 0 aliphatic carbocycles. The molecule has 5 heteroatoms. The molecule has 21 heavy (non-hydrogen) atoms. The zero-order valence-electron chi connectivity index (χ0n) is 13.4. The molecule has 0 aromatic rings. The molecule has 0 spiro atoms. The van der Waals surface area contributed by atoms with Crippen LogP contribution in [0.25, 0.3) is 0 Å². The van der Waals surface area contributed by atoms with Crippen molar-refractivity contribution < 1.29 is 9.59 Å². The van der Waals surface area contributed by atoms with Crippen LogP contribution in [0.4, 0.5) is 0 Å². The van der Waals surface area contributed by atoms with Gasteiger partial charge in [-0.15, -0.1) is 0 Å². The van der Waals surface area contributed by atoms with Crippen molar-refractivity contribution in [2.24, 2.45) is 17.6 Å². The molecule has 1 unspecified atom stereocenters. The van der Waals surface area contributed by atoms with Crippen molar-refractivity contribution in [1.82, 2.24) is 9.80 Å². The second-order valence-corrected chi connectivity index (χ2v) is 6.84. The van der Waals surface area contributed by atoms with E-state index in [2.05, 4.69) is 6.92 Å². The maximum atomic E-state index is 12.5. The van der Waals surface area contributed by atoms with Gasteiger partial charge in [0.25, 0.3) is 0 Å². The number of hydrogen-bond donors (Lipinski definition) is 1. The highest BCUT2D eigenvalue weighted by atomic mass is 16.2. The fourth-order valence-electron chi connectivity index (χ4n) is 3.27. The lowest BCUT2D eigenvalue weighted by atomic mass is 9.92. The molecule has 1 atom stereocenters. The van der Waals surface area contributed by atoms with Crippen LogP contribution >= 0.6 is 0 Å². The molecular formula is C16H29N3O2. The van der Waals surface area contributed by atoms with Gasteiger partial charge in [-0.05, 0) is 38.5 Å². The Kier molecular flexibility index (Phi) is 5.62. The number of nitrogens with zero attached hydrogens (tertiary/aromatic N) is 2. The number of rotatable bonds is 3. The first-order chi connectivity index (χ1) is 9.97. The lowest BCUT2D eigenvalue weighted by molar-refractivity contribution is -0.141. The lowest BCUT2D eigenvalue weighted by Crippen LogP contribution is -2.47. The largest absolute Gasteiger partial charge is 0.343 e. The summed E-state index contributed by atoms with van der Waals surface area (Å²) >= 11 is 0. The van der Waals surface area contributed by atoms with E-state index in [1.54, 1.807) is 0 Å². The molecule has 0 aromatic heterocycles.